The van der Waals surface area contributed by atoms with Gasteiger partial charge < -0.3 is 14.8 Å². The minimum atomic E-state index is -0.380. The highest BCUT2D eigenvalue weighted by Gasteiger charge is 2.14. The second kappa shape index (κ2) is 9.62. The molecule has 0 spiro atoms. The molecule has 0 unspecified atom stereocenters. The molecule has 7 nitrogen and oxygen atoms in total. The van der Waals surface area contributed by atoms with E-state index in [2.05, 4.69) is 10.3 Å². The average Bonchev–Trinajstić information content (AvgIpc) is 2.85. The molecule has 1 N–H and O–H groups in total. The quantitative estimate of drug-likeness (QED) is 0.235. The SMILES string of the molecule is CN=C(NCc1ccccc1[N+](=O)[O-])N(C)Cc1cc(Cl)cn1C.I. The number of nitrogens with zero attached hydrogens (tertiary/aromatic N) is 4. The van der Waals surface area contributed by atoms with Crippen molar-refractivity contribution in [3.05, 3.63) is 62.9 Å². The van der Waals surface area contributed by atoms with Crippen molar-refractivity contribution < 1.29 is 4.92 Å². The number of rotatable bonds is 5. The lowest BCUT2D eigenvalue weighted by atomic mass is 10.2. The maximum atomic E-state index is 11.1. The lowest BCUT2D eigenvalue weighted by Gasteiger charge is -2.22. The molecule has 25 heavy (non-hydrogen) atoms. The van der Waals surface area contributed by atoms with Gasteiger partial charge in [0.05, 0.1) is 16.5 Å². The Balaban J connectivity index is 0.00000312. The minimum Gasteiger partial charge on any atom is -0.352 e. The van der Waals surface area contributed by atoms with Crippen LogP contribution in [0.3, 0.4) is 0 Å². The van der Waals surface area contributed by atoms with Crippen molar-refractivity contribution in [3.63, 3.8) is 0 Å². The number of aromatic nitrogens is 1. The summed E-state index contributed by atoms with van der Waals surface area (Å²) in [4.78, 5) is 16.9. The van der Waals surface area contributed by atoms with Gasteiger partial charge in [0, 0.05) is 51.2 Å². The third-order valence-electron chi connectivity index (χ3n) is 3.67. The molecule has 136 valence electrons. The summed E-state index contributed by atoms with van der Waals surface area (Å²) in [6.45, 7) is 0.932. The maximum Gasteiger partial charge on any atom is 0.274 e. The molecule has 1 aromatic carbocycles. The molecule has 0 radical (unpaired) electrons. The molecule has 2 rings (SSSR count). The largest absolute Gasteiger partial charge is 0.352 e. The summed E-state index contributed by atoms with van der Waals surface area (Å²) < 4.78 is 1.95. The second-order valence-electron chi connectivity index (χ2n) is 5.40. The molecule has 0 aliphatic carbocycles. The zero-order valence-electron chi connectivity index (χ0n) is 14.3. The van der Waals surface area contributed by atoms with E-state index >= 15 is 0 Å². The van der Waals surface area contributed by atoms with Crippen LogP contribution in [0.25, 0.3) is 0 Å². The van der Waals surface area contributed by atoms with Crippen LogP contribution in [0.1, 0.15) is 11.3 Å². The van der Waals surface area contributed by atoms with Crippen molar-refractivity contribution in [2.45, 2.75) is 13.1 Å². The Morgan fingerprint density at radius 1 is 1.44 bits per heavy atom. The highest BCUT2D eigenvalue weighted by molar-refractivity contribution is 14.0. The molecule has 9 heteroatoms. The van der Waals surface area contributed by atoms with Crippen molar-refractivity contribution in [1.82, 2.24) is 14.8 Å². The highest BCUT2D eigenvalue weighted by atomic mass is 127. The van der Waals surface area contributed by atoms with Crippen LogP contribution in [-0.4, -0.2) is 34.4 Å². The van der Waals surface area contributed by atoms with Gasteiger partial charge >= 0.3 is 0 Å². The summed E-state index contributed by atoms with van der Waals surface area (Å²) in [7, 11) is 5.50. The van der Waals surface area contributed by atoms with Crippen LogP contribution in [0.15, 0.2) is 41.5 Å². The number of nitro groups is 1. The first-order valence-corrected chi connectivity index (χ1v) is 7.75. The van der Waals surface area contributed by atoms with Gasteiger partial charge in [0.15, 0.2) is 5.96 Å². The van der Waals surface area contributed by atoms with Gasteiger partial charge in [0.25, 0.3) is 5.69 Å². The van der Waals surface area contributed by atoms with E-state index in [9.17, 15) is 10.1 Å². The van der Waals surface area contributed by atoms with Crippen LogP contribution < -0.4 is 5.32 Å². The summed E-state index contributed by atoms with van der Waals surface area (Å²) in [6, 6.07) is 8.56. The number of hydrogen-bond donors (Lipinski definition) is 1. The van der Waals surface area contributed by atoms with E-state index in [1.807, 2.05) is 35.8 Å². The van der Waals surface area contributed by atoms with E-state index < -0.39 is 0 Å². The highest BCUT2D eigenvalue weighted by Crippen LogP contribution is 2.17. The Morgan fingerprint density at radius 3 is 2.68 bits per heavy atom. The summed E-state index contributed by atoms with van der Waals surface area (Å²) >= 11 is 6.00. The van der Waals surface area contributed by atoms with Crippen LogP contribution in [0, 0.1) is 10.1 Å². The van der Waals surface area contributed by atoms with Crippen LogP contribution in [0.2, 0.25) is 5.02 Å². The van der Waals surface area contributed by atoms with Gasteiger partial charge in [-0.25, -0.2) is 0 Å². The Kier molecular flexibility index (Phi) is 8.17. The number of benzene rings is 1. The first-order chi connectivity index (χ1) is 11.4. The van der Waals surface area contributed by atoms with Gasteiger partial charge in [-0.15, -0.1) is 24.0 Å². The molecule has 0 saturated carbocycles. The maximum absolute atomic E-state index is 11.1. The van der Waals surface area contributed by atoms with Crippen molar-refractivity contribution in [2.75, 3.05) is 14.1 Å². The van der Waals surface area contributed by atoms with Gasteiger partial charge in [-0.1, -0.05) is 29.8 Å². The monoisotopic (exact) mass is 477 g/mol. The molecular formula is C16H21ClIN5O2. The summed E-state index contributed by atoms with van der Waals surface area (Å²) in [5, 5.41) is 14.9. The normalized spacial score (nSPS) is 11.0. The number of hydrogen-bond acceptors (Lipinski definition) is 3. The number of aryl methyl sites for hydroxylation is 1. The first-order valence-electron chi connectivity index (χ1n) is 7.37. The van der Waals surface area contributed by atoms with Gasteiger partial charge in [-0.05, 0) is 6.07 Å². The number of nitrogens with one attached hydrogen (secondary N) is 1. The van der Waals surface area contributed by atoms with Gasteiger partial charge in [0.1, 0.15) is 0 Å². The predicted molar refractivity (Wildman–Crippen MR) is 111 cm³/mol. The van der Waals surface area contributed by atoms with Crippen LogP contribution in [-0.2, 0) is 20.1 Å². The number of guanidine groups is 1. The standard InChI is InChI=1S/C16H20ClN5O2.HI/c1-18-16(21(3)11-14-8-13(17)10-20(14)2)19-9-12-6-4-5-7-15(12)22(23)24;/h4-8,10H,9,11H2,1-3H3,(H,18,19);1H. The van der Waals surface area contributed by atoms with Crippen molar-refractivity contribution in [2.24, 2.45) is 12.0 Å². The third-order valence-corrected chi connectivity index (χ3v) is 3.88. The van der Waals surface area contributed by atoms with Crippen molar-refractivity contribution in [3.8, 4) is 0 Å². The molecule has 0 amide bonds. The number of halogens is 2. The zero-order valence-corrected chi connectivity index (χ0v) is 17.4. The molecule has 0 bridgehead atoms. The fourth-order valence-corrected chi connectivity index (χ4v) is 2.71. The van der Waals surface area contributed by atoms with E-state index in [0.717, 1.165) is 5.69 Å². The fraction of sp³-hybridized carbons (Fsp3) is 0.312. The summed E-state index contributed by atoms with van der Waals surface area (Å²) in [5.41, 5.74) is 1.74. The molecule has 1 aromatic heterocycles. The molecule has 0 saturated heterocycles. The number of para-hydroxylation sites is 1. The third kappa shape index (κ3) is 5.60. The van der Waals surface area contributed by atoms with E-state index in [-0.39, 0.29) is 34.6 Å². The van der Waals surface area contributed by atoms with E-state index in [4.69, 9.17) is 11.6 Å². The molecule has 0 aliphatic rings. The van der Waals surface area contributed by atoms with Crippen molar-refractivity contribution >= 4 is 47.2 Å². The van der Waals surface area contributed by atoms with Crippen LogP contribution in [0.5, 0.6) is 0 Å². The van der Waals surface area contributed by atoms with E-state index in [1.165, 1.54) is 6.07 Å². The lowest BCUT2D eigenvalue weighted by Crippen LogP contribution is -2.38. The summed E-state index contributed by atoms with van der Waals surface area (Å²) in [6.07, 6.45) is 1.84. The minimum absolute atomic E-state index is 0. The van der Waals surface area contributed by atoms with E-state index in [1.54, 1.807) is 25.2 Å². The lowest BCUT2D eigenvalue weighted by molar-refractivity contribution is -0.385. The van der Waals surface area contributed by atoms with E-state index in [0.29, 0.717) is 29.6 Å². The first kappa shape index (κ1) is 21.2. The molecule has 0 aliphatic heterocycles. The van der Waals surface area contributed by atoms with Gasteiger partial charge in [-0.3, -0.25) is 15.1 Å². The number of nitro benzene ring substituents is 1. The molecule has 0 atom stereocenters. The Hall–Kier alpha value is -1.81. The number of aliphatic imine (C=N–C) groups is 1. The zero-order chi connectivity index (χ0) is 17.7. The molecule has 2 aromatic rings. The predicted octanol–water partition coefficient (Wildman–Crippen LogP) is 3.41. The molecular weight excluding hydrogens is 457 g/mol. The fourth-order valence-electron chi connectivity index (χ4n) is 2.44. The average molecular weight is 478 g/mol. The second-order valence-corrected chi connectivity index (χ2v) is 5.84. The van der Waals surface area contributed by atoms with Crippen molar-refractivity contribution in [1.29, 1.82) is 0 Å². The Bertz CT molecular complexity index is 763. The Labute approximate surface area is 168 Å². The van der Waals surface area contributed by atoms with Gasteiger partial charge in [-0.2, -0.15) is 0 Å². The smallest absolute Gasteiger partial charge is 0.274 e. The van der Waals surface area contributed by atoms with Gasteiger partial charge in [0.2, 0.25) is 0 Å². The molecule has 1 heterocycles. The van der Waals surface area contributed by atoms with Crippen LogP contribution >= 0.6 is 35.6 Å². The summed E-state index contributed by atoms with van der Waals surface area (Å²) in [5.74, 6) is 0.644. The van der Waals surface area contributed by atoms with Crippen LogP contribution in [0.4, 0.5) is 5.69 Å². The topological polar surface area (TPSA) is 75.7 Å². The molecule has 0 fully saturated rings. The Morgan fingerprint density at radius 2 is 2.12 bits per heavy atom.